The Hall–Kier alpha value is -1.93. The predicted molar refractivity (Wildman–Crippen MR) is 68.5 cm³/mol. The fraction of sp³-hybridized carbons (Fsp3) is 0. The molecule has 5 heteroatoms. The van der Waals surface area contributed by atoms with E-state index in [2.05, 4.69) is 21.2 Å². The van der Waals surface area contributed by atoms with Gasteiger partial charge in [0.25, 0.3) is 0 Å². The molecule has 0 spiro atoms. The second-order valence-electron chi connectivity index (χ2n) is 3.56. The first-order valence-corrected chi connectivity index (χ1v) is 5.81. The van der Waals surface area contributed by atoms with Gasteiger partial charge < -0.3 is 5.32 Å². The van der Waals surface area contributed by atoms with E-state index in [1.54, 1.807) is 24.3 Å². The molecule has 0 fully saturated rings. The highest BCUT2D eigenvalue weighted by Crippen LogP contribution is 2.26. The average Bonchev–Trinajstić information content (AvgIpc) is 2.37. The van der Waals surface area contributed by atoms with E-state index in [-0.39, 0.29) is 10.2 Å². The van der Waals surface area contributed by atoms with Crippen LogP contribution in [-0.2, 0) is 0 Å². The lowest BCUT2D eigenvalue weighted by Crippen LogP contribution is -1.95. The molecule has 0 heterocycles. The van der Waals surface area contributed by atoms with E-state index in [9.17, 15) is 8.78 Å². The largest absolute Gasteiger partial charge is 0.353 e. The molecule has 2 rings (SSSR count). The Morgan fingerprint density at radius 1 is 1.06 bits per heavy atom. The van der Waals surface area contributed by atoms with Crippen LogP contribution in [0.4, 0.5) is 20.2 Å². The van der Waals surface area contributed by atoms with Crippen molar-refractivity contribution < 1.29 is 8.78 Å². The Morgan fingerprint density at radius 3 is 2.33 bits per heavy atom. The molecule has 2 aromatic carbocycles. The third kappa shape index (κ3) is 2.66. The Bertz CT molecular complexity index is 618. The quantitative estimate of drug-likeness (QED) is 0.838. The molecule has 0 amide bonds. The molecule has 0 saturated heterocycles. The third-order valence-electron chi connectivity index (χ3n) is 2.30. The molecular formula is C13H7BrF2N2. The Morgan fingerprint density at radius 2 is 1.72 bits per heavy atom. The molecule has 0 unspecified atom stereocenters. The Kier molecular flexibility index (Phi) is 3.58. The second kappa shape index (κ2) is 5.15. The van der Waals surface area contributed by atoms with Crippen LogP contribution in [0.15, 0.2) is 40.9 Å². The molecule has 0 aliphatic rings. The molecular weight excluding hydrogens is 302 g/mol. The predicted octanol–water partition coefficient (Wildman–Crippen LogP) is 4.34. The Labute approximate surface area is 111 Å². The van der Waals surface area contributed by atoms with Gasteiger partial charge in [-0.1, -0.05) is 0 Å². The van der Waals surface area contributed by atoms with Crippen LogP contribution in [0.3, 0.4) is 0 Å². The summed E-state index contributed by atoms with van der Waals surface area (Å²) in [6.07, 6.45) is 0. The van der Waals surface area contributed by atoms with Gasteiger partial charge in [0, 0.05) is 11.8 Å². The van der Waals surface area contributed by atoms with E-state index in [0.717, 1.165) is 12.1 Å². The van der Waals surface area contributed by atoms with E-state index in [1.165, 1.54) is 0 Å². The van der Waals surface area contributed by atoms with E-state index < -0.39 is 11.6 Å². The zero-order chi connectivity index (χ0) is 13.1. The number of benzene rings is 2. The first-order chi connectivity index (χ1) is 8.60. The lowest BCUT2D eigenvalue weighted by Gasteiger charge is -2.08. The van der Waals surface area contributed by atoms with Crippen LogP contribution in [0.25, 0.3) is 0 Å². The van der Waals surface area contributed by atoms with E-state index in [1.807, 2.05) is 6.07 Å². The van der Waals surface area contributed by atoms with Gasteiger partial charge in [0.2, 0.25) is 0 Å². The fourth-order valence-electron chi connectivity index (χ4n) is 1.40. The molecule has 2 nitrogen and oxygen atoms in total. The summed E-state index contributed by atoms with van der Waals surface area (Å²) in [5, 5.41) is 11.4. The molecule has 90 valence electrons. The van der Waals surface area contributed by atoms with Gasteiger partial charge in [0.1, 0.15) is 11.6 Å². The first kappa shape index (κ1) is 12.5. The molecule has 0 bridgehead atoms. The number of hydrogen-bond acceptors (Lipinski definition) is 2. The number of anilines is 2. The summed E-state index contributed by atoms with van der Waals surface area (Å²) in [5.41, 5.74) is 1.12. The summed E-state index contributed by atoms with van der Waals surface area (Å²) < 4.78 is 26.9. The van der Waals surface area contributed by atoms with Crippen molar-refractivity contribution >= 4 is 27.3 Å². The standard InChI is InChI=1S/C13H7BrF2N2/c14-10-5-12(16)13(6-11(10)15)18-9-3-1-8(7-17)2-4-9/h1-6,18H. The minimum atomic E-state index is -0.562. The molecule has 0 atom stereocenters. The summed E-state index contributed by atoms with van der Waals surface area (Å²) >= 11 is 2.91. The molecule has 0 aliphatic heterocycles. The lowest BCUT2D eigenvalue weighted by molar-refractivity contribution is 0.598. The van der Waals surface area contributed by atoms with Crippen LogP contribution in [0.2, 0.25) is 0 Å². The zero-order valence-electron chi connectivity index (χ0n) is 9.05. The Balaban J connectivity index is 2.28. The maximum atomic E-state index is 13.6. The molecule has 2 aromatic rings. The van der Waals surface area contributed by atoms with Gasteiger partial charge in [-0.3, -0.25) is 0 Å². The summed E-state index contributed by atoms with van der Waals surface area (Å²) in [5.74, 6) is -1.11. The monoisotopic (exact) mass is 308 g/mol. The average molecular weight is 309 g/mol. The summed E-state index contributed by atoms with van der Waals surface area (Å²) in [7, 11) is 0. The molecule has 1 N–H and O–H groups in total. The second-order valence-corrected chi connectivity index (χ2v) is 4.41. The molecule has 0 saturated carbocycles. The number of rotatable bonds is 2. The molecule has 18 heavy (non-hydrogen) atoms. The van der Waals surface area contributed by atoms with Crippen molar-refractivity contribution in [2.24, 2.45) is 0 Å². The van der Waals surface area contributed by atoms with E-state index in [0.29, 0.717) is 11.3 Å². The van der Waals surface area contributed by atoms with Crippen LogP contribution >= 0.6 is 15.9 Å². The zero-order valence-corrected chi connectivity index (χ0v) is 10.6. The van der Waals surface area contributed by atoms with Gasteiger partial charge in [-0.05, 0) is 46.3 Å². The van der Waals surface area contributed by atoms with Crippen LogP contribution in [0.1, 0.15) is 5.56 Å². The third-order valence-corrected chi connectivity index (χ3v) is 2.91. The SMILES string of the molecule is N#Cc1ccc(Nc2cc(F)c(Br)cc2F)cc1. The maximum Gasteiger partial charge on any atom is 0.147 e. The van der Waals surface area contributed by atoms with Crippen LogP contribution in [0.5, 0.6) is 0 Å². The lowest BCUT2D eigenvalue weighted by atomic mass is 10.2. The highest BCUT2D eigenvalue weighted by atomic mass is 79.9. The van der Waals surface area contributed by atoms with Gasteiger partial charge in [-0.15, -0.1) is 0 Å². The number of nitrogens with zero attached hydrogens (tertiary/aromatic N) is 1. The maximum absolute atomic E-state index is 13.6. The topological polar surface area (TPSA) is 35.8 Å². The molecule has 0 aromatic heterocycles. The van der Waals surface area contributed by atoms with Crippen molar-refractivity contribution in [1.82, 2.24) is 0 Å². The van der Waals surface area contributed by atoms with Crippen molar-refractivity contribution in [3.63, 3.8) is 0 Å². The summed E-state index contributed by atoms with van der Waals surface area (Å²) in [6.45, 7) is 0. The number of halogens is 3. The van der Waals surface area contributed by atoms with Crippen molar-refractivity contribution in [3.8, 4) is 6.07 Å². The van der Waals surface area contributed by atoms with Crippen LogP contribution in [0, 0.1) is 23.0 Å². The van der Waals surface area contributed by atoms with E-state index in [4.69, 9.17) is 5.26 Å². The van der Waals surface area contributed by atoms with E-state index >= 15 is 0 Å². The molecule has 0 aliphatic carbocycles. The van der Waals surface area contributed by atoms with Gasteiger partial charge >= 0.3 is 0 Å². The highest BCUT2D eigenvalue weighted by Gasteiger charge is 2.08. The minimum Gasteiger partial charge on any atom is -0.353 e. The van der Waals surface area contributed by atoms with Gasteiger partial charge in [0.05, 0.1) is 21.8 Å². The number of hydrogen-bond donors (Lipinski definition) is 1. The van der Waals surface area contributed by atoms with Crippen LogP contribution in [-0.4, -0.2) is 0 Å². The summed E-state index contributed by atoms with van der Waals surface area (Å²) in [6, 6.07) is 10.5. The highest BCUT2D eigenvalue weighted by molar-refractivity contribution is 9.10. The fourth-order valence-corrected chi connectivity index (χ4v) is 1.72. The number of nitrogens with one attached hydrogen (secondary N) is 1. The number of nitriles is 1. The molecule has 0 radical (unpaired) electrons. The van der Waals surface area contributed by atoms with Gasteiger partial charge in [-0.25, -0.2) is 8.78 Å². The normalized spacial score (nSPS) is 9.89. The van der Waals surface area contributed by atoms with Crippen LogP contribution < -0.4 is 5.32 Å². The minimum absolute atomic E-state index is 0.0420. The summed E-state index contributed by atoms with van der Waals surface area (Å²) in [4.78, 5) is 0. The van der Waals surface area contributed by atoms with Crippen molar-refractivity contribution in [2.75, 3.05) is 5.32 Å². The smallest absolute Gasteiger partial charge is 0.147 e. The van der Waals surface area contributed by atoms with Crippen molar-refractivity contribution in [1.29, 1.82) is 5.26 Å². The van der Waals surface area contributed by atoms with Gasteiger partial charge in [0.15, 0.2) is 0 Å². The van der Waals surface area contributed by atoms with Crippen molar-refractivity contribution in [2.45, 2.75) is 0 Å². The van der Waals surface area contributed by atoms with Gasteiger partial charge in [-0.2, -0.15) is 5.26 Å². The van der Waals surface area contributed by atoms with Crippen molar-refractivity contribution in [3.05, 3.63) is 58.1 Å². The first-order valence-electron chi connectivity index (χ1n) is 5.02.